The average molecular weight is 267 g/mol. The molecular weight excluding hydrogens is 254 g/mol. The molecule has 0 aliphatic carbocycles. The van der Waals surface area contributed by atoms with Crippen molar-refractivity contribution in [1.29, 1.82) is 5.41 Å². The van der Waals surface area contributed by atoms with Gasteiger partial charge in [0.1, 0.15) is 0 Å². The molecule has 1 aromatic carbocycles. The van der Waals surface area contributed by atoms with Gasteiger partial charge in [0.15, 0.2) is 5.96 Å². The van der Waals surface area contributed by atoms with Gasteiger partial charge in [-0.2, -0.15) is 0 Å². The van der Waals surface area contributed by atoms with Crippen LogP contribution in [0.4, 0.5) is 11.4 Å². The van der Waals surface area contributed by atoms with Gasteiger partial charge in [-0.3, -0.25) is 10.2 Å². The topological polar surface area (TPSA) is 107 Å². The van der Waals surface area contributed by atoms with E-state index in [1.54, 1.807) is 30.5 Å². The first-order valence-electron chi connectivity index (χ1n) is 6.05. The molecule has 1 amide bonds. The van der Waals surface area contributed by atoms with Crippen molar-refractivity contribution in [3.63, 3.8) is 0 Å². The van der Waals surface area contributed by atoms with Gasteiger partial charge >= 0.3 is 0 Å². The Labute approximate surface area is 115 Å². The number of nitrogens with one attached hydrogen (secondary N) is 4. The van der Waals surface area contributed by atoms with Crippen LogP contribution in [0, 0.1) is 5.41 Å². The molecule has 0 fully saturated rings. The first-order valence-corrected chi connectivity index (χ1v) is 6.05. The van der Waals surface area contributed by atoms with E-state index in [2.05, 4.69) is 15.6 Å². The van der Waals surface area contributed by atoms with Crippen molar-refractivity contribution in [2.75, 3.05) is 10.6 Å². The van der Waals surface area contributed by atoms with Crippen molar-refractivity contribution < 1.29 is 4.79 Å². The molecular formula is C14H13N5O. The van der Waals surface area contributed by atoms with E-state index in [0.29, 0.717) is 11.3 Å². The maximum Gasteiger partial charge on any atom is 0.256 e. The second-order valence-electron chi connectivity index (χ2n) is 4.44. The summed E-state index contributed by atoms with van der Waals surface area (Å²) in [5.41, 5.74) is 8.96. The van der Waals surface area contributed by atoms with Crippen molar-refractivity contribution in [2.45, 2.75) is 0 Å². The lowest BCUT2D eigenvalue weighted by molar-refractivity contribution is -0.110. The predicted molar refractivity (Wildman–Crippen MR) is 79.3 cm³/mol. The summed E-state index contributed by atoms with van der Waals surface area (Å²) >= 11 is 0. The molecule has 1 aliphatic heterocycles. The summed E-state index contributed by atoms with van der Waals surface area (Å²) in [6.45, 7) is 0. The van der Waals surface area contributed by atoms with Gasteiger partial charge in [-0.05, 0) is 36.4 Å². The molecule has 20 heavy (non-hydrogen) atoms. The lowest BCUT2D eigenvalue weighted by Gasteiger charge is -2.05. The van der Waals surface area contributed by atoms with Gasteiger partial charge in [-0.15, -0.1) is 0 Å². The van der Waals surface area contributed by atoms with Crippen molar-refractivity contribution >= 4 is 34.9 Å². The molecule has 6 nitrogen and oxygen atoms in total. The van der Waals surface area contributed by atoms with Gasteiger partial charge in [0.25, 0.3) is 5.91 Å². The highest BCUT2D eigenvalue weighted by Gasteiger charge is 2.24. The van der Waals surface area contributed by atoms with E-state index in [9.17, 15) is 4.79 Å². The van der Waals surface area contributed by atoms with E-state index in [1.807, 2.05) is 12.1 Å². The lowest BCUT2D eigenvalue weighted by Crippen LogP contribution is -2.20. The molecule has 2 aromatic rings. The van der Waals surface area contributed by atoms with Crippen LogP contribution in [0.2, 0.25) is 0 Å². The Morgan fingerprint density at radius 2 is 2.20 bits per heavy atom. The van der Waals surface area contributed by atoms with E-state index >= 15 is 0 Å². The Kier molecular flexibility index (Phi) is 2.76. The van der Waals surface area contributed by atoms with Crippen LogP contribution < -0.4 is 16.4 Å². The second kappa shape index (κ2) is 4.58. The fourth-order valence-electron chi connectivity index (χ4n) is 2.15. The normalized spacial score (nSPS) is 15.0. The number of aromatic amines is 1. The van der Waals surface area contributed by atoms with Crippen LogP contribution in [0.25, 0.3) is 11.6 Å². The minimum atomic E-state index is -0.144. The molecule has 2 heterocycles. The van der Waals surface area contributed by atoms with Crippen LogP contribution in [0.15, 0.2) is 36.5 Å². The summed E-state index contributed by atoms with van der Waals surface area (Å²) in [5, 5.41) is 12.8. The third-order valence-electron chi connectivity index (χ3n) is 3.00. The number of rotatable bonds is 2. The summed E-state index contributed by atoms with van der Waals surface area (Å²) in [6, 6.07) is 9.10. The zero-order valence-electron chi connectivity index (χ0n) is 10.5. The molecule has 0 saturated carbocycles. The number of carbonyl (C=O) groups excluding carboxylic acids is 1. The Morgan fingerprint density at radius 1 is 1.35 bits per heavy atom. The molecule has 6 N–H and O–H groups in total. The lowest BCUT2D eigenvalue weighted by atomic mass is 10.1. The first kappa shape index (κ1) is 12.0. The maximum absolute atomic E-state index is 12.0. The van der Waals surface area contributed by atoms with Gasteiger partial charge in [0.2, 0.25) is 0 Å². The number of hydrogen-bond acceptors (Lipinski definition) is 2. The number of guanidine groups is 1. The number of aromatic nitrogens is 1. The van der Waals surface area contributed by atoms with E-state index in [-0.39, 0.29) is 11.9 Å². The fraction of sp³-hybridized carbons (Fsp3) is 0. The largest absolute Gasteiger partial charge is 0.370 e. The Morgan fingerprint density at radius 3 is 2.90 bits per heavy atom. The predicted octanol–water partition coefficient (Wildman–Crippen LogP) is 1.81. The van der Waals surface area contributed by atoms with E-state index in [1.165, 1.54) is 0 Å². The molecule has 0 atom stereocenters. The fourth-order valence-corrected chi connectivity index (χ4v) is 2.15. The molecule has 0 bridgehead atoms. The van der Waals surface area contributed by atoms with Crippen molar-refractivity contribution in [2.24, 2.45) is 5.73 Å². The number of fused-ring (bicyclic) bond motifs is 1. The number of amides is 1. The number of hydrogen-bond donors (Lipinski definition) is 5. The third-order valence-corrected chi connectivity index (χ3v) is 3.00. The van der Waals surface area contributed by atoms with Crippen LogP contribution in [0.5, 0.6) is 0 Å². The van der Waals surface area contributed by atoms with Crippen molar-refractivity contribution in [3.8, 4) is 0 Å². The van der Waals surface area contributed by atoms with Gasteiger partial charge in [-0.25, -0.2) is 0 Å². The highest BCUT2D eigenvalue weighted by molar-refractivity contribution is 6.35. The number of anilines is 2. The van der Waals surface area contributed by atoms with Crippen LogP contribution in [0.3, 0.4) is 0 Å². The van der Waals surface area contributed by atoms with Gasteiger partial charge in [-0.1, -0.05) is 0 Å². The summed E-state index contributed by atoms with van der Waals surface area (Å²) in [7, 11) is 0. The zero-order valence-corrected chi connectivity index (χ0v) is 10.5. The molecule has 0 unspecified atom stereocenters. The minimum Gasteiger partial charge on any atom is -0.370 e. The van der Waals surface area contributed by atoms with Gasteiger partial charge < -0.3 is 21.4 Å². The van der Waals surface area contributed by atoms with Gasteiger partial charge in [0, 0.05) is 28.8 Å². The standard InChI is InChI=1S/C14H13N5O/c15-14(16)18-9-3-4-12-10(7-9)11(13(20)19-12)6-8-2-1-5-17-8/h1-7,17H,(H,19,20)(H4,15,16,18). The van der Waals surface area contributed by atoms with Crippen molar-refractivity contribution in [3.05, 3.63) is 47.8 Å². The van der Waals surface area contributed by atoms with Crippen LogP contribution in [-0.4, -0.2) is 16.9 Å². The first-order chi connectivity index (χ1) is 9.63. The number of H-pyrrole nitrogens is 1. The highest BCUT2D eigenvalue weighted by atomic mass is 16.2. The van der Waals surface area contributed by atoms with E-state index in [4.69, 9.17) is 11.1 Å². The quantitative estimate of drug-likeness (QED) is 0.325. The molecule has 3 rings (SSSR count). The zero-order chi connectivity index (χ0) is 14.1. The van der Waals surface area contributed by atoms with Crippen molar-refractivity contribution in [1.82, 2.24) is 4.98 Å². The second-order valence-corrected chi connectivity index (χ2v) is 4.44. The maximum atomic E-state index is 12.0. The Hall–Kier alpha value is -3.02. The Balaban J connectivity index is 2.04. The van der Waals surface area contributed by atoms with Gasteiger partial charge in [0.05, 0.1) is 5.57 Å². The number of nitrogens with two attached hydrogens (primary N) is 1. The van der Waals surface area contributed by atoms with Crippen LogP contribution in [-0.2, 0) is 4.79 Å². The Bertz CT molecular complexity index is 715. The summed E-state index contributed by atoms with van der Waals surface area (Å²) in [5.74, 6) is -0.285. The molecule has 1 aromatic heterocycles. The van der Waals surface area contributed by atoms with Crippen LogP contribution >= 0.6 is 0 Å². The SMILES string of the molecule is N=C(N)Nc1ccc2c(c1)C(=Cc1ccc[nH]1)C(=O)N2. The monoisotopic (exact) mass is 267 g/mol. The summed E-state index contributed by atoms with van der Waals surface area (Å²) < 4.78 is 0. The molecule has 1 aliphatic rings. The third kappa shape index (κ3) is 2.14. The molecule has 100 valence electrons. The molecule has 0 radical (unpaired) electrons. The summed E-state index contributed by atoms with van der Waals surface area (Å²) in [6.07, 6.45) is 3.59. The van der Waals surface area contributed by atoms with E-state index in [0.717, 1.165) is 16.9 Å². The average Bonchev–Trinajstić information content (AvgIpc) is 2.99. The molecule has 6 heteroatoms. The number of benzene rings is 1. The summed E-state index contributed by atoms with van der Waals surface area (Å²) in [4.78, 5) is 15.0. The smallest absolute Gasteiger partial charge is 0.256 e. The van der Waals surface area contributed by atoms with E-state index < -0.39 is 0 Å². The molecule has 0 spiro atoms. The highest BCUT2D eigenvalue weighted by Crippen LogP contribution is 2.34. The minimum absolute atomic E-state index is 0.142. The number of carbonyl (C=O) groups is 1. The van der Waals surface area contributed by atoms with Crippen LogP contribution in [0.1, 0.15) is 11.3 Å². The molecule has 0 saturated heterocycles.